The first kappa shape index (κ1) is 17.2. The highest BCUT2D eigenvalue weighted by molar-refractivity contribution is 7.09. The Morgan fingerprint density at radius 1 is 1.24 bits per heavy atom. The minimum Gasteiger partial charge on any atom is -0.334 e. The summed E-state index contributed by atoms with van der Waals surface area (Å²) in [6, 6.07) is 14.0. The van der Waals surface area contributed by atoms with Gasteiger partial charge in [0.15, 0.2) is 0 Å². The molecule has 5 heteroatoms. The number of hydrogen-bond donors (Lipinski definition) is 0. The molecule has 0 saturated heterocycles. The van der Waals surface area contributed by atoms with Gasteiger partial charge in [0.05, 0.1) is 18.4 Å². The maximum atomic E-state index is 12.6. The number of aryl methyl sites for hydroxylation is 1. The van der Waals surface area contributed by atoms with Crippen molar-refractivity contribution in [3.05, 3.63) is 83.3 Å². The molecule has 0 atom stereocenters. The van der Waals surface area contributed by atoms with Gasteiger partial charge in [0, 0.05) is 24.0 Å². The normalized spacial score (nSPS) is 10.6. The first-order valence-electron chi connectivity index (χ1n) is 8.26. The van der Waals surface area contributed by atoms with Crippen LogP contribution in [-0.2, 0) is 17.8 Å². The molecule has 3 rings (SSSR count). The monoisotopic (exact) mass is 351 g/mol. The van der Waals surface area contributed by atoms with Crippen LogP contribution in [-0.4, -0.2) is 27.1 Å². The summed E-state index contributed by atoms with van der Waals surface area (Å²) < 4.78 is 1.84. The van der Waals surface area contributed by atoms with Crippen LogP contribution in [0.3, 0.4) is 0 Å². The van der Waals surface area contributed by atoms with Gasteiger partial charge >= 0.3 is 0 Å². The van der Waals surface area contributed by atoms with E-state index in [0.717, 1.165) is 11.3 Å². The molecule has 1 aromatic carbocycles. The zero-order chi connectivity index (χ0) is 17.5. The molecule has 0 saturated carbocycles. The van der Waals surface area contributed by atoms with Crippen LogP contribution in [0.25, 0.3) is 5.69 Å². The lowest BCUT2D eigenvalue weighted by Crippen LogP contribution is -2.30. The molecule has 0 unspecified atom stereocenters. The van der Waals surface area contributed by atoms with Crippen molar-refractivity contribution >= 4 is 17.2 Å². The van der Waals surface area contributed by atoms with Crippen molar-refractivity contribution in [1.29, 1.82) is 0 Å². The van der Waals surface area contributed by atoms with E-state index in [1.54, 1.807) is 17.4 Å². The van der Waals surface area contributed by atoms with Gasteiger partial charge in [-0.25, -0.2) is 4.68 Å². The summed E-state index contributed by atoms with van der Waals surface area (Å²) in [5.74, 6) is 0.140. The molecule has 0 aliphatic heterocycles. The summed E-state index contributed by atoms with van der Waals surface area (Å²) in [5, 5.41) is 6.42. The fourth-order valence-corrected chi connectivity index (χ4v) is 3.34. The number of carbonyl (C=O) groups excluding carboxylic acids is 1. The average molecular weight is 351 g/mol. The Kier molecular flexibility index (Phi) is 5.80. The lowest BCUT2D eigenvalue weighted by molar-refractivity contribution is -0.131. The third-order valence-corrected chi connectivity index (χ3v) is 4.77. The second kappa shape index (κ2) is 8.44. The quantitative estimate of drug-likeness (QED) is 0.574. The maximum absolute atomic E-state index is 12.6. The predicted octanol–water partition coefficient (Wildman–Crippen LogP) is 4.08. The Morgan fingerprint density at radius 2 is 2.08 bits per heavy atom. The van der Waals surface area contributed by atoms with E-state index in [1.807, 2.05) is 63.8 Å². The molecule has 0 N–H and O–H groups in total. The lowest BCUT2D eigenvalue weighted by Gasteiger charge is -2.20. The minimum absolute atomic E-state index is 0.140. The summed E-state index contributed by atoms with van der Waals surface area (Å²) in [4.78, 5) is 15.6. The molecule has 2 aromatic heterocycles. The molecule has 1 amide bonds. The van der Waals surface area contributed by atoms with E-state index in [9.17, 15) is 4.79 Å². The van der Waals surface area contributed by atoms with Crippen LogP contribution < -0.4 is 0 Å². The van der Waals surface area contributed by atoms with E-state index in [4.69, 9.17) is 0 Å². The molecule has 0 spiro atoms. The van der Waals surface area contributed by atoms with Crippen LogP contribution in [0, 0.1) is 0 Å². The van der Waals surface area contributed by atoms with E-state index in [2.05, 4.69) is 17.7 Å². The second-order valence-electron chi connectivity index (χ2n) is 5.77. The van der Waals surface area contributed by atoms with Crippen molar-refractivity contribution in [3.63, 3.8) is 0 Å². The van der Waals surface area contributed by atoms with Gasteiger partial charge in [-0.3, -0.25) is 4.79 Å². The average Bonchev–Trinajstić information content (AvgIpc) is 3.32. The molecule has 0 aliphatic carbocycles. The minimum atomic E-state index is 0.140. The van der Waals surface area contributed by atoms with Crippen LogP contribution in [0.1, 0.15) is 16.9 Å². The first-order chi connectivity index (χ1) is 12.3. The topological polar surface area (TPSA) is 38.1 Å². The van der Waals surface area contributed by atoms with E-state index >= 15 is 0 Å². The SMILES string of the molecule is C=CCN(Cc1cccs1)C(=O)CCc1cnn(-c2ccccc2)c1. The van der Waals surface area contributed by atoms with Crippen LogP contribution >= 0.6 is 11.3 Å². The number of hydrogen-bond acceptors (Lipinski definition) is 3. The van der Waals surface area contributed by atoms with Crippen molar-refractivity contribution in [1.82, 2.24) is 14.7 Å². The number of amides is 1. The molecule has 0 bridgehead atoms. The molecule has 4 nitrogen and oxygen atoms in total. The van der Waals surface area contributed by atoms with E-state index < -0.39 is 0 Å². The van der Waals surface area contributed by atoms with Crippen LogP contribution in [0.2, 0.25) is 0 Å². The fourth-order valence-electron chi connectivity index (χ4n) is 2.62. The molecule has 0 aliphatic rings. The Morgan fingerprint density at radius 3 is 2.80 bits per heavy atom. The first-order valence-corrected chi connectivity index (χ1v) is 9.14. The fraction of sp³-hybridized carbons (Fsp3) is 0.200. The van der Waals surface area contributed by atoms with Gasteiger partial charge in [-0.05, 0) is 35.6 Å². The van der Waals surface area contributed by atoms with Gasteiger partial charge in [0.2, 0.25) is 5.91 Å². The van der Waals surface area contributed by atoms with E-state index in [0.29, 0.717) is 25.9 Å². The summed E-state index contributed by atoms with van der Waals surface area (Å²) >= 11 is 1.67. The molecular formula is C20H21N3OS. The Balaban J connectivity index is 1.59. The number of nitrogens with zero attached hydrogens (tertiary/aromatic N) is 3. The van der Waals surface area contributed by atoms with Gasteiger partial charge in [-0.15, -0.1) is 17.9 Å². The van der Waals surface area contributed by atoms with Crippen LogP contribution in [0.4, 0.5) is 0 Å². The van der Waals surface area contributed by atoms with E-state index in [1.165, 1.54) is 4.88 Å². The zero-order valence-corrected chi connectivity index (χ0v) is 14.9. The van der Waals surface area contributed by atoms with Crippen molar-refractivity contribution in [2.24, 2.45) is 0 Å². The molecule has 0 fully saturated rings. The van der Waals surface area contributed by atoms with Gasteiger partial charge in [-0.1, -0.05) is 30.3 Å². The highest BCUT2D eigenvalue weighted by Crippen LogP contribution is 2.14. The van der Waals surface area contributed by atoms with Gasteiger partial charge in [-0.2, -0.15) is 5.10 Å². The van der Waals surface area contributed by atoms with Crippen molar-refractivity contribution in [2.75, 3.05) is 6.54 Å². The second-order valence-corrected chi connectivity index (χ2v) is 6.80. The highest BCUT2D eigenvalue weighted by Gasteiger charge is 2.14. The number of carbonyl (C=O) groups is 1. The van der Waals surface area contributed by atoms with Crippen molar-refractivity contribution in [3.8, 4) is 5.69 Å². The van der Waals surface area contributed by atoms with E-state index in [-0.39, 0.29) is 5.91 Å². The molecular weight excluding hydrogens is 330 g/mol. The number of benzene rings is 1. The zero-order valence-electron chi connectivity index (χ0n) is 14.0. The number of rotatable bonds is 8. The summed E-state index contributed by atoms with van der Waals surface area (Å²) in [7, 11) is 0. The summed E-state index contributed by atoms with van der Waals surface area (Å²) in [6.07, 6.45) is 6.75. The van der Waals surface area contributed by atoms with Crippen LogP contribution in [0.15, 0.2) is 72.9 Å². The van der Waals surface area contributed by atoms with Gasteiger partial charge < -0.3 is 4.90 Å². The van der Waals surface area contributed by atoms with Gasteiger partial charge in [0.25, 0.3) is 0 Å². The van der Waals surface area contributed by atoms with Gasteiger partial charge in [0.1, 0.15) is 0 Å². The Hall–Kier alpha value is -2.66. The maximum Gasteiger partial charge on any atom is 0.223 e. The largest absolute Gasteiger partial charge is 0.334 e. The third-order valence-electron chi connectivity index (χ3n) is 3.91. The molecule has 0 radical (unpaired) electrons. The van der Waals surface area contributed by atoms with Crippen molar-refractivity contribution < 1.29 is 4.79 Å². The molecule has 25 heavy (non-hydrogen) atoms. The molecule has 3 aromatic rings. The third kappa shape index (κ3) is 4.67. The van der Waals surface area contributed by atoms with Crippen LogP contribution in [0.5, 0.6) is 0 Å². The summed E-state index contributed by atoms with van der Waals surface area (Å²) in [5.41, 5.74) is 2.08. The smallest absolute Gasteiger partial charge is 0.223 e. The summed E-state index contributed by atoms with van der Waals surface area (Å²) in [6.45, 7) is 4.98. The Bertz CT molecular complexity index is 809. The number of thiophene rings is 1. The lowest BCUT2D eigenvalue weighted by atomic mass is 10.2. The molecule has 128 valence electrons. The Labute approximate surface area is 152 Å². The molecule has 2 heterocycles. The predicted molar refractivity (Wildman–Crippen MR) is 102 cm³/mol. The number of para-hydroxylation sites is 1. The standard InChI is InChI=1S/C20H21N3OS/c1-2-12-22(16-19-9-6-13-25-19)20(24)11-10-17-14-21-23(15-17)18-7-4-3-5-8-18/h2-9,13-15H,1,10-12,16H2. The number of aromatic nitrogens is 2. The highest BCUT2D eigenvalue weighted by atomic mass is 32.1. The van der Waals surface area contributed by atoms with Crippen molar-refractivity contribution in [2.45, 2.75) is 19.4 Å².